The summed E-state index contributed by atoms with van der Waals surface area (Å²) in [5.74, 6) is 0.308. The smallest absolute Gasteiger partial charge is 0.221 e. The standard InChI is InChI=1S/C13H27N3O/c1-3-16(9-10(2)13(15)17)12-7-5-4-6-11(12)8-14/h10-12H,3-9,14H2,1-2H3,(H2,15,17). The molecule has 4 N–H and O–H groups in total. The van der Waals surface area contributed by atoms with Gasteiger partial charge in [-0.1, -0.05) is 26.7 Å². The number of primary amides is 1. The molecular formula is C13H27N3O. The Labute approximate surface area is 105 Å². The lowest BCUT2D eigenvalue weighted by Gasteiger charge is -2.40. The maximum absolute atomic E-state index is 11.2. The number of amides is 1. The van der Waals surface area contributed by atoms with Crippen LogP contribution in [0.5, 0.6) is 0 Å². The van der Waals surface area contributed by atoms with Gasteiger partial charge in [-0.25, -0.2) is 0 Å². The summed E-state index contributed by atoms with van der Waals surface area (Å²) in [6.07, 6.45) is 5.01. The van der Waals surface area contributed by atoms with Crippen molar-refractivity contribution in [2.45, 2.75) is 45.6 Å². The fourth-order valence-corrected chi connectivity index (χ4v) is 2.88. The molecular weight excluding hydrogens is 214 g/mol. The Balaban J connectivity index is 2.60. The number of hydrogen-bond acceptors (Lipinski definition) is 3. The first-order chi connectivity index (χ1) is 8.10. The van der Waals surface area contributed by atoms with E-state index in [4.69, 9.17) is 11.5 Å². The second-order valence-corrected chi connectivity index (χ2v) is 5.24. The van der Waals surface area contributed by atoms with Gasteiger partial charge in [0, 0.05) is 18.5 Å². The highest BCUT2D eigenvalue weighted by Crippen LogP contribution is 2.28. The van der Waals surface area contributed by atoms with Crippen LogP contribution < -0.4 is 11.5 Å². The molecule has 0 heterocycles. The molecule has 0 aromatic carbocycles. The Kier molecular flexibility index (Phi) is 5.92. The maximum atomic E-state index is 11.2. The quantitative estimate of drug-likeness (QED) is 0.727. The number of carbonyl (C=O) groups excluding carboxylic acids is 1. The summed E-state index contributed by atoms with van der Waals surface area (Å²) < 4.78 is 0. The number of nitrogens with two attached hydrogens (primary N) is 2. The first kappa shape index (κ1) is 14.5. The molecule has 100 valence electrons. The molecule has 1 rings (SSSR count). The highest BCUT2D eigenvalue weighted by atomic mass is 16.1. The molecule has 0 saturated heterocycles. The monoisotopic (exact) mass is 241 g/mol. The second kappa shape index (κ2) is 6.97. The predicted octanol–water partition coefficient (Wildman–Crippen LogP) is 0.947. The lowest BCUT2D eigenvalue weighted by atomic mass is 9.83. The van der Waals surface area contributed by atoms with E-state index in [9.17, 15) is 4.79 Å². The van der Waals surface area contributed by atoms with Gasteiger partial charge in [0.1, 0.15) is 0 Å². The first-order valence-corrected chi connectivity index (χ1v) is 6.83. The van der Waals surface area contributed by atoms with Crippen molar-refractivity contribution >= 4 is 5.91 Å². The number of hydrogen-bond donors (Lipinski definition) is 2. The molecule has 0 radical (unpaired) electrons. The molecule has 3 atom stereocenters. The van der Waals surface area contributed by atoms with Crippen molar-refractivity contribution < 1.29 is 4.79 Å². The van der Waals surface area contributed by atoms with Crippen LogP contribution in [0.25, 0.3) is 0 Å². The summed E-state index contributed by atoms with van der Waals surface area (Å²) in [6, 6.07) is 0.542. The normalized spacial score (nSPS) is 27.1. The van der Waals surface area contributed by atoms with E-state index in [0.29, 0.717) is 12.0 Å². The predicted molar refractivity (Wildman–Crippen MR) is 70.4 cm³/mol. The summed E-state index contributed by atoms with van der Waals surface area (Å²) in [7, 11) is 0. The van der Waals surface area contributed by atoms with Crippen LogP contribution in [0.1, 0.15) is 39.5 Å². The zero-order chi connectivity index (χ0) is 12.8. The van der Waals surface area contributed by atoms with Gasteiger partial charge in [0.2, 0.25) is 5.91 Å². The van der Waals surface area contributed by atoms with Crippen molar-refractivity contribution in [3.63, 3.8) is 0 Å². The topological polar surface area (TPSA) is 72.3 Å². The van der Waals surface area contributed by atoms with Crippen LogP contribution in [0, 0.1) is 11.8 Å². The van der Waals surface area contributed by atoms with E-state index >= 15 is 0 Å². The van der Waals surface area contributed by atoms with Gasteiger partial charge >= 0.3 is 0 Å². The fourth-order valence-electron chi connectivity index (χ4n) is 2.88. The lowest BCUT2D eigenvalue weighted by Crippen LogP contribution is -2.47. The summed E-state index contributed by atoms with van der Waals surface area (Å²) in [4.78, 5) is 13.6. The summed E-state index contributed by atoms with van der Waals surface area (Å²) in [5.41, 5.74) is 11.2. The molecule has 0 aromatic rings. The van der Waals surface area contributed by atoms with E-state index in [0.717, 1.165) is 19.6 Å². The zero-order valence-electron chi connectivity index (χ0n) is 11.2. The minimum Gasteiger partial charge on any atom is -0.369 e. The van der Waals surface area contributed by atoms with E-state index in [1.807, 2.05) is 6.92 Å². The van der Waals surface area contributed by atoms with Crippen molar-refractivity contribution in [1.29, 1.82) is 0 Å². The van der Waals surface area contributed by atoms with E-state index in [2.05, 4.69) is 11.8 Å². The van der Waals surface area contributed by atoms with Crippen LogP contribution in [0.15, 0.2) is 0 Å². The highest BCUT2D eigenvalue weighted by molar-refractivity contribution is 5.76. The molecule has 0 aliphatic heterocycles. The lowest BCUT2D eigenvalue weighted by molar-refractivity contribution is -0.122. The van der Waals surface area contributed by atoms with Gasteiger partial charge in [0.05, 0.1) is 0 Å². The first-order valence-electron chi connectivity index (χ1n) is 6.83. The Morgan fingerprint density at radius 1 is 1.41 bits per heavy atom. The van der Waals surface area contributed by atoms with Gasteiger partial charge in [0.25, 0.3) is 0 Å². The number of carbonyl (C=O) groups is 1. The minimum absolute atomic E-state index is 0.0738. The zero-order valence-corrected chi connectivity index (χ0v) is 11.2. The Morgan fingerprint density at radius 3 is 2.59 bits per heavy atom. The summed E-state index contributed by atoms with van der Waals surface area (Å²) in [5, 5.41) is 0. The van der Waals surface area contributed by atoms with Crippen LogP contribution in [-0.2, 0) is 4.79 Å². The van der Waals surface area contributed by atoms with Crippen molar-refractivity contribution in [3.8, 4) is 0 Å². The molecule has 4 heteroatoms. The van der Waals surface area contributed by atoms with Crippen LogP contribution in [0.2, 0.25) is 0 Å². The minimum atomic E-state index is -0.205. The van der Waals surface area contributed by atoms with E-state index in [1.165, 1.54) is 25.7 Å². The Morgan fingerprint density at radius 2 is 2.06 bits per heavy atom. The van der Waals surface area contributed by atoms with Crippen LogP contribution in [0.4, 0.5) is 0 Å². The molecule has 3 unspecified atom stereocenters. The summed E-state index contributed by atoms with van der Waals surface area (Å²) >= 11 is 0. The second-order valence-electron chi connectivity index (χ2n) is 5.24. The highest BCUT2D eigenvalue weighted by Gasteiger charge is 2.29. The Bertz CT molecular complexity index is 245. The molecule has 1 saturated carbocycles. The maximum Gasteiger partial charge on any atom is 0.221 e. The van der Waals surface area contributed by atoms with E-state index in [-0.39, 0.29) is 11.8 Å². The van der Waals surface area contributed by atoms with Gasteiger partial charge in [-0.15, -0.1) is 0 Å². The van der Waals surface area contributed by atoms with Crippen LogP contribution in [0.3, 0.4) is 0 Å². The third-order valence-corrected chi connectivity index (χ3v) is 4.04. The molecule has 1 aliphatic rings. The van der Waals surface area contributed by atoms with Gasteiger partial charge in [-0.3, -0.25) is 9.69 Å². The molecule has 0 spiro atoms. The largest absolute Gasteiger partial charge is 0.369 e. The molecule has 1 amide bonds. The van der Waals surface area contributed by atoms with Crippen LogP contribution >= 0.6 is 0 Å². The van der Waals surface area contributed by atoms with E-state index < -0.39 is 0 Å². The van der Waals surface area contributed by atoms with Gasteiger partial charge in [0.15, 0.2) is 0 Å². The van der Waals surface area contributed by atoms with Crippen molar-refractivity contribution in [2.24, 2.45) is 23.3 Å². The molecule has 1 aliphatic carbocycles. The number of nitrogens with zero attached hydrogens (tertiary/aromatic N) is 1. The average Bonchev–Trinajstić information content (AvgIpc) is 2.35. The average molecular weight is 241 g/mol. The van der Waals surface area contributed by atoms with Crippen LogP contribution in [-0.4, -0.2) is 36.5 Å². The Hall–Kier alpha value is -0.610. The van der Waals surface area contributed by atoms with Crippen molar-refractivity contribution in [1.82, 2.24) is 4.90 Å². The fraction of sp³-hybridized carbons (Fsp3) is 0.923. The number of rotatable bonds is 6. The molecule has 1 fully saturated rings. The van der Waals surface area contributed by atoms with Crippen molar-refractivity contribution in [2.75, 3.05) is 19.6 Å². The summed E-state index contributed by atoms with van der Waals surface area (Å²) in [6.45, 7) is 6.55. The molecule has 0 aromatic heterocycles. The SMILES string of the molecule is CCN(CC(C)C(N)=O)C1CCCCC1CN. The third-order valence-electron chi connectivity index (χ3n) is 4.04. The molecule has 17 heavy (non-hydrogen) atoms. The van der Waals surface area contributed by atoms with E-state index in [1.54, 1.807) is 0 Å². The molecule has 4 nitrogen and oxygen atoms in total. The molecule has 0 bridgehead atoms. The third kappa shape index (κ3) is 3.96. The van der Waals surface area contributed by atoms with Crippen molar-refractivity contribution in [3.05, 3.63) is 0 Å². The van der Waals surface area contributed by atoms with Gasteiger partial charge in [-0.05, 0) is 31.8 Å². The van der Waals surface area contributed by atoms with Gasteiger partial charge in [-0.2, -0.15) is 0 Å². The van der Waals surface area contributed by atoms with Gasteiger partial charge < -0.3 is 11.5 Å².